The van der Waals surface area contributed by atoms with Crippen molar-refractivity contribution in [2.75, 3.05) is 0 Å². The molecule has 110 valence electrons. The second kappa shape index (κ2) is 4.38. The molecule has 0 atom stereocenters. The molecular formula is C10H9F8N. The Morgan fingerprint density at radius 1 is 0.947 bits per heavy atom. The van der Waals surface area contributed by atoms with Crippen LogP contribution in [0.1, 0.15) is 19.0 Å². The normalized spacial score (nSPS) is 14.8. The fourth-order valence-corrected chi connectivity index (χ4v) is 1.34. The summed E-state index contributed by atoms with van der Waals surface area (Å²) in [7, 11) is 0. The van der Waals surface area contributed by atoms with Crippen molar-refractivity contribution in [3.63, 3.8) is 0 Å². The van der Waals surface area contributed by atoms with Gasteiger partial charge in [-0.05, 0) is 12.1 Å². The molecule has 0 aliphatic carbocycles. The van der Waals surface area contributed by atoms with E-state index in [1.165, 1.54) is 0 Å². The fraction of sp³-hybridized carbons (Fsp3) is 0.600. The fourth-order valence-electron chi connectivity index (χ4n) is 1.34. The highest BCUT2D eigenvalue weighted by atomic mass is 19.4. The third-order valence-corrected chi connectivity index (χ3v) is 2.63. The van der Waals surface area contributed by atoms with Gasteiger partial charge < -0.3 is 4.98 Å². The van der Waals surface area contributed by atoms with Gasteiger partial charge in [0.2, 0.25) is 0 Å². The van der Waals surface area contributed by atoms with Gasteiger partial charge >= 0.3 is 23.7 Å². The predicted octanol–water partition coefficient (Wildman–Crippen LogP) is 4.42. The van der Waals surface area contributed by atoms with Crippen molar-refractivity contribution < 1.29 is 35.1 Å². The van der Waals surface area contributed by atoms with Crippen molar-refractivity contribution in [1.82, 2.24) is 4.98 Å². The van der Waals surface area contributed by atoms with Crippen molar-refractivity contribution >= 4 is 0 Å². The summed E-state index contributed by atoms with van der Waals surface area (Å²) in [5.41, 5.74) is -1.57. The number of rotatable bonds is 5. The molecular weight excluding hydrogens is 286 g/mol. The Kier molecular flexibility index (Phi) is 3.64. The molecule has 0 saturated heterocycles. The van der Waals surface area contributed by atoms with E-state index < -0.39 is 35.8 Å². The van der Waals surface area contributed by atoms with Crippen LogP contribution in [0, 0.1) is 0 Å². The van der Waals surface area contributed by atoms with E-state index in [2.05, 4.69) is 0 Å². The maximum Gasteiger partial charge on any atom is 0.384 e. The lowest BCUT2D eigenvalue weighted by atomic mass is 9.95. The Labute approximate surface area is 102 Å². The number of alkyl halides is 8. The van der Waals surface area contributed by atoms with E-state index in [0.717, 1.165) is 12.3 Å². The minimum Gasteiger partial charge on any atom is -0.360 e. The largest absolute Gasteiger partial charge is 0.384 e. The van der Waals surface area contributed by atoms with Crippen LogP contribution in [0.3, 0.4) is 0 Å². The molecule has 1 nitrogen and oxygen atoms in total. The Balaban J connectivity index is 3.31. The van der Waals surface area contributed by atoms with Gasteiger partial charge in [-0.1, -0.05) is 6.92 Å². The second-order valence-corrected chi connectivity index (χ2v) is 3.86. The Morgan fingerprint density at radius 2 is 1.47 bits per heavy atom. The van der Waals surface area contributed by atoms with Crippen LogP contribution >= 0.6 is 0 Å². The van der Waals surface area contributed by atoms with E-state index in [1.54, 1.807) is 4.98 Å². The zero-order chi connectivity index (χ0) is 15.1. The first kappa shape index (κ1) is 15.8. The van der Waals surface area contributed by atoms with Gasteiger partial charge in [0.15, 0.2) is 0 Å². The summed E-state index contributed by atoms with van der Waals surface area (Å²) >= 11 is 0. The van der Waals surface area contributed by atoms with Gasteiger partial charge in [-0.15, -0.1) is 0 Å². The number of halogens is 8. The van der Waals surface area contributed by atoms with Gasteiger partial charge in [-0.2, -0.15) is 35.1 Å². The summed E-state index contributed by atoms with van der Waals surface area (Å²) in [5.74, 6) is -23.2. The van der Waals surface area contributed by atoms with Crippen molar-refractivity contribution in [2.45, 2.75) is 37.0 Å². The standard InChI is InChI=1S/C10H9F8N/c1-2-7(11,12)9(15,16)10(17,18)8(13,14)6-4-3-5-19-6/h3-5,19H,2H2,1H3. The van der Waals surface area contributed by atoms with Gasteiger partial charge in [-0.25, -0.2) is 0 Å². The Morgan fingerprint density at radius 3 is 1.84 bits per heavy atom. The molecule has 0 bridgehead atoms. The molecule has 0 aromatic carbocycles. The van der Waals surface area contributed by atoms with Crippen LogP contribution in [-0.2, 0) is 5.92 Å². The average Bonchev–Trinajstić information content (AvgIpc) is 2.82. The summed E-state index contributed by atoms with van der Waals surface area (Å²) in [6.45, 7) is 0.497. The molecule has 0 fully saturated rings. The van der Waals surface area contributed by atoms with E-state index in [0.29, 0.717) is 13.0 Å². The van der Waals surface area contributed by atoms with Crippen molar-refractivity contribution in [3.8, 4) is 0 Å². The average molecular weight is 295 g/mol. The number of H-pyrrole nitrogens is 1. The van der Waals surface area contributed by atoms with Gasteiger partial charge in [0.05, 0.1) is 5.69 Å². The molecule has 19 heavy (non-hydrogen) atoms. The molecule has 0 amide bonds. The van der Waals surface area contributed by atoms with E-state index in [4.69, 9.17) is 0 Å². The van der Waals surface area contributed by atoms with Crippen molar-refractivity contribution in [2.24, 2.45) is 0 Å². The number of hydrogen-bond donors (Lipinski definition) is 1. The number of aromatic amines is 1. The molecule has 9 heteroatoms. The molecule has 0 saturated carbocycles. The highest BCUT2D eigenvalue weighted by Gasteiger charge is 2.80. The van der Waals surface area contributed by atoms with Gasteiger partial charge in [0, 0.05) is 12.6 Å². The van der Waals surface area contributed by atoms with Crippen LogP contribution in [0.25, 0.3) is 0 Å². The summed E-state index contributed by atoms with van der Waals surface area (Å²) in [5, 5.41) is 0. The van der Waals surface area contributed by atoms with Crippen LogP contribution in [0.5, 0.6) is 0 Å². The highest BCUT2D eigenvalue weighted by molar-refractivity contribution is 5.18. The number of aromatic nitrogens is 1. The van der Waals surface area contributed by atoms with Crippen LogP contribution in [0.15, 0.2) is 18.3 Å². The van der Waals surface area contributed by atoms with Crippen LogP contribution in [-0.4, -0.2) is 22.8 Å². The zero-order valence-corrected chi connectivity index (χ0v) is 9.46. The molecule has 1 aromatic heterocycles. The van der Waals surface area contributed by atoms with Crippen LogP contribution in [0.4, 0.5) is 35.1 Å². The van der Waals surface area contributed by atoms with E-state index >= 15 is 0 Å². The number of hydrogen-bond acceptors (Lipinski definition) is 0. The number of nitrogens with one attached hydrogen (secondary N) is 1. The lowest BCUT2D eigenvalue weighted by Crippen LogP contribution is -2.60. The summed E-state index contributed by atoms with van der Waals surface area (Å²) < 4.78 is 105. The molecule has 1 heterocycles. The smallest absolute Gasteiger partial charge is 0.360 e. The molecule has 0 aliphatic rings. The molecule has 1 rings (SSSR count). The zero-order valence-electron chi connectivity index (χ0n) is 9.46. The molecule has 1 aromatic rings. The summed E-state index contributed by atoms with van der Waals surface area (Å²) in [6.07, 6.45) is -0.911. The minimum atomic E-state index is -6.25. The van der Waals surface area contributed by atoms with Gasteiger partial charge in [-0.3, -0.25) is 0 Å². The molecule has 1 N–H and O–H groups in total. The third kappa shape index (κ3) is 2.08. The van der Waals surface area contributed by atoms with E-state index in [9.17, 15) is 35.1 Å². The van der Waals surface area contributed by atoms with Gasteiger partial charge in [0.1, 0.15) is 0 Å². The summed E-state index contributed by atoms with van der Waals surface area (Å²) in [6, 6.07) is 1.27. The first-order chi connectivity index (χ1) is 8.42. The third-order valence-electron chi connectivity index (χ3n) is 2.63. The first-order valence-electron chi connectivity index (χ1n) is 5.07. The molecule has 0 aliphatic heterocycles. The van der Waals surface area contributed by atoms with E-state index in [-0.39, 0.29) is 0 Å². The highest BCUT2D eigenvalue weighted by Crippen LogP contribution is 2.56. The predicted molar refractivity (Wildman–Crippen MR) is 49.8 cm³/mol. The Hall–Kier alpha value is -1.28. The lowest BCUT2D eigenvalue weighted by molar-refractivity contribution is -0.371. The lowest BCUT2D eigenvalue weighted by Gasteiger charge is -2.36. The SMILES string of the molecule is CCC(F)(F)C(F)(F)C(F)(F)C(F)(F)c1ccc[nH]1. The van der Waals surface area contributed by atoms with Crippen LogP contribution in [0.2, 0.25) is 0 Å². The van der Waals surface area contributed by atoms with E-state index in [1.807, 2.05) is 0 Å². The quantitative estimate of drug-likeness (QED) is 0.774. The molecule has 0 radical (unpaired) electrons. The molecule has 0 unspecified atom stereocenters. The van der Waals surface area contributed by atoms with Crippen LogP contribution < -0.4 is 0 Å². The summed E-state index contributed by atoms with van der Waals surface area (Å²) in [4.78, 5) is 1.62. The topological polar surface area (TPSA) is 15.8 Å². The Bertz CT molecular complexity index is 423. The second-order valence-electron chi connectivity index (χ2n) is 3.86. The van der Waals surface area contributed by atoms with Crippen molar-refractivity contribution in [3.05, 3.63) is 24.0 Å². The molecule has 0 spiro atoms. The first-order valence-corrected chi connectivity index (χ1v) is 5.07. The maximum atomic E-state index is 13.3. The van der Waals surface area contributed by atoms with Crippen molar-refractivity contribution in [1.29, 1.82) is 0 Å². The minimum absolute atomic E-state index is 0.411. The monoisotopic (exact) mass is 295 g/mol. The van der Waals surface area contributed by atoms with Gasteiger partial charge in [0.25, 0.3) is 0 Å². The maximum absolute atomic E-state index is 13.3.